The van der Waals surface area contributed by atoms with Crippen LogP contribution in [0, 0.1) is 0 Å². The van der Waals surface area contributed by atoms with Gasteiger partial charge in [-0.3, -0.25) is 4.98 Å². The number of aromatic amines is 1. The summed E-state index contributed by atoms with van der Waals surface area (Å²) in [5.41, 5.74) is 1.21. The van der Waals surface area contributed by atoms with Crippen LogP contribution in [-0.2, 0) is 4.74 Å². The first kappa shape index (κ1) is 11.3. The zero-order chi connectivity index (χ0) is 12.4. The number of rotatable bonds is 4. The molecule has 0 aliphatic carbocycles. The van der Waals surface area contributed by atoms with Crippen LogP contribution in [0.25, 0.3) is 11.1 Å². The van der Waals surface area contributed by atoms with Crippen molar-refractivity contribution in [3.05, 3.63) is 28.7 Å². The molecule has 0 bridgehead atoms. The Hall–Kier alpha value is -1.75. The Morgan fingerprint density at radius 1 is 1.44 bits per heavy atom. The number of hydrogen-bond donors (Lipinski definition) is 1. The van der Waals surface area contributed by atoms with Gasteiger partial charge < -0.3 is 13.9 Å². The highest BCUT2D eigenvalue weighted by atomic mass is 16.5. The summed E-state index contributed by atoms with van der Waals surface area (Å²) in [5, 5.41) is 0. The van der Waals surface area contributed by atoms with Gasteiger partial charge in [-0.2, -0.15) is 0 Å². The SMILES string of the molecule is O=c1[nH]c2cc(OCC[C@H]3CCCO3)ccc2o1. The normalized spacial score (nSPS) is 19.4. The van der Waals surface area contributed by atoms with E-state index in [1.165, 1.54) is 0 Å². The number of H-pyrrole nitrogens is 1. The van der Waals surface area contributed by atoms with E-state index in [4.69, 9.17) is 13.9 Å². The molecule has 1 saturated heterocycles. The van der Waals surface area contributed by atoms with Crippen LogP contribution in [0.15, 0.2) is 27.4 Å². The highest BCUT2D eigenvalue weighted by Crippen LogP contribution is 2.20. The molecule has 18 heavy (non-hydrogen) atoms. The van der Waals surface area contributed by atoms with Gasteiger partial charge in [0.2, 0.25) is 0 Å². The lowest BCUT2D eigenvalue weighted by Gasteiger charge is -2.10. The van der Waals surface area contributed by atoms with Gasteiger partial charge in [0.1, 0.15) is 5.75 Å². The fourth-order valence-corrected chi connectivity index (χ4v) is 2.20. The maximum Gasteiger partial charge on any atom is 0.417 e. The summed E-state index contributed by atoms with van der Waals surface area (Å²) in [4.78, 5) is 13.6. The molecule has 1 aliphatic heterocycles. The van der Waals surface area contributed by atoms with E-state index in [-0.39, 0.29) is 0 Å². The van der Waals surface area contributed by atoms with E-state index in [1.54, 1.807) is 18.2 Å². The Bertz CT molecular complexity index is 580. The van der Waals surface area contributed by atoms with Gasteiger partial charge in [0.15, 0.2) is 5.58 Å². The first-order valence-corrected chi connectivity index (χ1v) is 6.18. The first-order chi connectivity index (χ1) is 8.81. The van der Waals surface area contributed by atoms with Crippen molar-refractivity contribution < 1.29 is 13.9 Å². The molecule has 0 spiro atoms. The zero-order valence-electron chi connectivity index (χ0n) is 9.98. The molecule has 5 nitrogen and oxygen atoms in total. The lowest BCUT2D eigenvalue weighted by molar-refractivity contribution is 0.0904. The van der Waals surface area contributed by atoms with Crippen LogP contribution in [0.3, 0.4) is 0 Å². The highest BCUT2D eigenvalue weighted by molar-refractivity contribution is 5.73. The van der Waals surface area contributed by atoms with Gasteiger partial charge in [-0.05, 0) is 25.0 Å². The van der Waals surface area contributed by atoms with E-state index in [0.717, 1.165) is 31.6 Å². The van der Waals surface area contributed by atoms with Gasteiger partial charge in [-0.1, -0.05) is 0 Å². The third-order valence-electron chi connectivity index (χ3n) is 3.12. The average molecular weight is 249 g/mol. The molecule has 2 aromatic rings. The summed E-state index contributed by atoms with van der Waals surface area (Å²) >= 11 is 0. The largest absolute Gasteiger partial charge is 0.493 e. The number of benzene rings is 1. The van der Waals surface area contributed by atoms with Gasteiger partial charge in [-0.15, -0.1) is 0 Å². The predicted molar refractivity (Wildman–Crippen MR) is 65.9 cm³/mol. The summed E-state index contributed by atoms with van der Waals surface area (Å²) in [5.74, 6) is 0.291. The summed E-state index contributed by atoms with van der Waals surface area (Å²) in [7, 11) is 0. The monoisotopic (exact) mass is 249 g/mol. The van der Waals surface area contributed by atoms with Crippen molar-refractivity contribution in [1.82, 2.24) is 4.98 Å². The predicted octanol–water partition coefficient (Wildman–Crippen LogP) is 2.07. The van der Waals surface area contributed by atoms with Gasteiger partial charge in [0.25, 0.3) is 0 Å². The number of nitrogens with one attached hydrogen (secondary N) is 1. The summed E-state index contributed by atoms with van der Waals surface area (Å²) in [6, 6.07) is 5.30. The van der Waals surface area contributed by atoms with Gasteiger partial charge in [0.05, 0.1) is 18.2 Å². The number of fused-ring (bicyclic) bond motifs is 1. The summed E-state index contributed by atoms with van der Waals surface area (Å²) < 4.78 is 16.1. The van der Waals surface area contributed by atoms with E-state index < -0.39 is 5.76 Å². The molecule has 5 heteroatoms. The smallest absolute Gasteiger partial charge is 0.417 e. The highest BCUT2D eigenvalue weighted by Gasteiger charge is 2.15. The van der Waals surface area contributed by atoms with E-state index in [1.807, 2.05) is 0 Å². The Kier molecular flexibility index (Phi) is 3.06. The van der Waals surface area contributed by atoms with Gasteiger partial charge >= 0.3 is 5.76 Å². The fourth-order valence-electron chi connectivity index (χ4n) is 2.20. The summed E-state index contributed by atoms with van der Waals surface area (Å²) in [6.07, 6.45) is 3.51. The molecule has 0 amide bonds. The van der Waals surface area contributed by atoms with Crippen molar-refractivity contribution >= 4 is 11.1 Å². The van der Waals surface area contributed by atoms with Crippen LogP contribution < -0.4 is 10.5 Å². The van der Waals surface area contributed by atoms with Crippen molar-refractivity contribution in [3.63, 3.8) is 0 Å². The first-order valence-electron chi connectivity index (χ1n) is 6.18. The second-order valence-corrected chi connectivity index (χ2v) is 4.44. The number of oxazole rings is 1. The standard InChI is InChI=1S/C13H15NO4/c15-13-14-11-8-10(3-4-12(11)18-13)17-7-5-9-2-1-6-16-9/h3-4,8-9H,1-2,5-7H2,(H,14,15)/t9-/m1/s1. The molecule has 1 aromatic heterocycles. The molecule has 1 N–H and O–H groups in total. The Morgan fingerprint density at radius 2 is 2.39 bits per heavy atom. The fraction of sp³-hybridized carbons (Fsp3) is 0.462. The minimum Gasteiger partial charge on any atom is -0.493 e. The lowest BCUT2D eigenvalue weighted by atomic mass is 10.2. The number of aromatic nitrogens is 1. The minimum absolute atomic E-state index is 0.336. The van der Waals surface area contributed by atoms with E-state index in [9.17, 15) is 4.79 Å². The average Bonchev–Trinajstić information content (AvgIpc) is 2.96. The second kappa shape index (κ2) is 4.86. The quantitative estimate of drug-likeness (QED) is 0.900. The van der Waals surface area contributed by atoms with Crippen molar-refractivity contribution in [2.45, 2.75) is 25.4 Å². The molecular formula is C13H15NO4. The third kappa shape index (κ3) is 2.41. The molecule has 0 unspecified atom stereocenters. The molecule has 0 radical (unpaired) electrons. The van der Waals surface area contributed by atoms with Crippen LogP contribution >= 0.6 is 0 Å². The second-order valence-electron chi connectivity index (χ2n) is 4.44. The minimum atomic E-state index is -0.443. The molecule has 1 atom stereocenters. The van der Waals surface area contributed by atoms with Crippen molar-refractivity contribution in [2.75, 3.05) is 13.2 Å². The van der Waals surface area contributed by atoms with Crippen LogP contribution in [0.1, 0.15) is 19.3 Å². The van der Waals surface area contributed by atoms with Crippen molar-refractivity contribution in [1.29, 1.82) is 0 Å². The number of ether oxygens (including phenoxy) is 2. The van der Waals surface area contributed by atoms with Crippen molar-refractivity contribution in [3.8, 4) is 5.75 Å². The topological polar surface area (TPSA) is 64.5 Å². The molecule has 96 valence electrons. The Balaban J connectivity index is 1.61. The van der Waals surface area contributed by atoms with Crippen LogP contribution in [0.2, 0.25) is 0 Å². The van der Waals surface area contributed by atoms with Crippen LogP contribution in [-0.4, -0.2) is 24.3 Å². The van der Waals surface area contributed by atoms with E-state index in [2.05, 4.69) is 4.98 Å². The number of hydrogen-bond acceptors (Lipinski definition) is 4. The Morgan fingerprint density at radius 3 is 3.22 bits per heavy atom. The van der Waals surface area contributed by atoms with E-state index in [0.29, 0.717) is 23.8 Å². The maximum absolute atomic E-state index is 11.0. The van der Waals surface area contributed by atoms with Crippen LogP contribution in [0.4, 0.5) is 0 Å². The van der Waals surface area contributed by atoms with E-state index >= 15 is 0 Å². The molecule has 1 fully saturated rings. The van der Waals surface area contributed by atoms with Crippen LogP contribution in [0.5, 0.6) is 5.75 Å². The maximum atomic E-state index is 11.0. The molecular weight excluding hydrogens is 234 g/mol. The molecule has 2 heterocycles. The van der Waals surface area contributed by atoms with Gasteiger partial charge in [-0.25, -0.2) is 4.79 Å². The van der Waals surface area contributed by atoms with Crippen molar-refractivity contribution in [2.24, 2.45) is 0 Å². The molecule has 0 saturated carbocycles. The van der Waals surface area contributed by atoms with Gasteiger partial charge in [0, 0.05) is 19.1 Å². The molecule has 3 rings (SSSR count). The Labute approximate surface area is 104 Å². The zero-order valence-corrected chi connectivity index (χ0v) is 9.98. The summed E-state index contributed by atoms with van der Waals surface area (Å²) in [6.45, 7) is 1.49. The molecule has 1 aromatic carbocycles. The lowest BCUT2D eigenvalue weighted by Crippen LogP contribution is -2.10. The molecule has 1 aliphatic rings. The third-order valence-corrected chi connectivity index (χ3v) is 3.12.